The van der Waals surface area contributed by atoms with Crippen LogP contribution in [-0.4, -0.2) is 60.9 Å². The van der Waals surface area contributed by atoms with Gasteiger partial charge in [-0.2, -0.15) is 0 Å². The van der Waals surface area contributed by atoms with E-state index in [1.54, 1.807) is 0 Å². The smallest absolute Gasteiger partial charge is 0.322 e. The number of hydrogen-bond acceptors (Lipinski definition) is 4. The number of carbonyl (C=O) groups is 1. The van der Waals surface area contributed by atoms with Gasteiger partial charge in [-0.25, -0.2) is 0 Å². The first-order valence-corrected chi connectivity index (χ1v) is 5.93. The molecule has 1 saturated heterocycles. The Morgan fingerprint density at radius 3 is 3.00 bits per heavy atom. The zero-order valence-electron chi connectivity index (χ0n) is 10.1. The highest BCUT2D eigenvalue weighted by Gasteiger charge is 2.25. The first-order chi connectivity index (χ1) is 7.65. The molecule has 0 aromatic carbocycles. The summed E-state index contributed by atoms with van der Waals surface area (Å²) >= 11 is 0. The maximum absolute atomic E-state index is 11.1. The number of rotatable bonds is 6. The minimum absolute atomic E-state index is 0.305. The van der Waals surface area contributed by atoms with Crippen LogP contribution in [0.15, 0.2) is 0 Å². The van der Waals surface area contributed by atoms with Gasteiger partial charge in [-0.05, 0) is 19.9 Å². The Bertz CT molecular complexity index is 223. The molecule has 5 nitrogen and oxygen atoms in total. The molecule has 0 amide bonds. The van der Waals surface area contributed by atoms with Gasteiger partial charge in [0, 0.05) is 19.1 Å². The van der Waals surface area contributed by atoms with E-state index in [0.717, 1.165) is 19.5 Å². The zero-order chi connectivity index (χ0) is 12.0. The van der Waals surface area contributed by atoms with Gasteiger partial charge in [0.1, 0.15) is 6.04 Å². The van der Waals surface area contributed by atoms with Gasteiger partial charge in [0.15, 0.2) is 0 Å². The summed E-state index contributed by atoms with van der Waals surface area (Å²) in [5.74, 6) is -0.771. The van der Waals surface area contributed by atoms with Crippen molar-refractivity contribution in [2.45, 2.75) is 32.4 Å². The highest BCUT2D eigenvalue weighted by atomic mass is 16.5. The lowest BCUT2D eigenvalue weighted by Crippen LogP contribution is -2.52. The summed E-state index contributed by atoms with van der Waals surface area (Å²) in [5.41, 5.74) is 0. The van der Waals surface area contributed by atoms with Gasteiger partial charge in [0.05, 0.1) is 13.2 Å². The molecule has 16 heavy (non-hydrogen) atoms. The normalized spacial score (nSPS) is 24.2. The number of carboxylic acids is 1. The molecule has 0 bridgehead atoms. The first-order valence-electron chi connectivity index (χ1n) is 5.93. The Kier molecular flexibility index (Phi) is 5.73. The molecule has 1 heterocycles. The van der Waals surface area contributed by atoms with Crippen LogP contribution in [0.4, 0.5) is 0 Å². The van der Waals surface area contributed by atoms with Gasteiger partial charge in [-0.3, -0.25) is 9.69 Å². The standard InChI is InChI=1S/C11H22N2O3/c1-3-4-12-10(11(14)15)7-13-5-6-16-8-9(13)2/h9-10,12H,3-8H2,1-2H3,(H,14,15). The number of nitrogens with zero attached hydrogens (tertiary/aromatic N) is 1. The average Bonchev–Trinajstić information content (AvgIpc) is 2.26. The Labute approximate surface area is 96.8 Å². The second-order valence-corrected chi connectivity index (χ2v) is 4.26. The van der Waals surface area contributed by atoms with Crippen molar-refractivity contribution >= 4 is 5.97 Å². The summed E-state index contributed by atoms with van der Waals surface area (Å²) in [7, 11) is 0. The molecule has 2 atom stereocenters. The molecule has 1 aliphatic heterocycles. The molecule has 0 spiro atoms. The fourth-order valence-corrected chi connectivity index (χ4v) is 1.82. The van der Waals surface area contributed by atoms with E-state index in [1.807, 2.05) is 6.92 Å². The van der Waals surface area contributed by atoms with Crippen molar-refractivity contribution in [1.82, 2.24) is 10.2 Å². The molecule has 2 N–H and O–H groups in total. The second-order valence-electron chi connectivity index (χ2n) is 4.26. The van der Waals surface area contributed by atoms with Crippen LogP contribution < -0.4 is 5.32 Å². The predicted molar refractivity (Wildman–Crippen MR) is 61.6 cm³/mol. The molecule has 0 aliphatic carbocycles. The Balaban J connectivity index is 2.42. The van der Waals surface area contributed by atoms with E-state index in [9.17, 15) is 4.79 Å². The van der Waals surface area contributed by atoms with Gasteiger partial charge in [-0.15, -0.1) is 0 Å². The summed E-state index contributed by atoms with van der Waals surface area (Å²) in [6, 6.07) is -0.167. The molecule has 5 heteroatoms. The third-order valence-corrected chi connectivity index (χ3v) is 2.86. The lowest BCUT2D eigenvalue weighted by Gasteiger charge is -2.34. The maximum atomic E-state index is 11.1. The van der Waals surface area contributed by atoms with Crippen molar-refractivity contribution in [3.05, 3.63) is 0 Å². The molecule has 94 valence electrons. The molecule has 1 rings (SSSR count). The van der Waals surface area contributed by atoms with Crippen molar-refractivity contribution in [3.8, 4) is 0 Å². The topological polar surface area (TPSA) is 61.8 Å². The van der Waals surface area contributed by atoms with Gasteiger partial charge in [-0.1, -0.05) is 6.92 Å². The fourth-order valence-electron chi connectivity index (χ4n) is 1.82. The lowest BCUT2D eigenvalue weighted by atomic mass is 10.2. The number of carboxylic acid groups (broad SMARTS) is 1. The monoisotopic (exact) mass is 230 g/mol. The minimum Gasteiger partial charge on any atom is -0.480 e. The van der Waals surface area contributed by atoms with Crippen LogP contribution in [0.1, 0.15) is 20.3 Å². The molecule has 0 aromatic rings. The summed E-state index contributed by atoms with van der Waals surface area (Å²) < 4.78 is 5.33. The largest absolute Gasteiger partial charge is 0.480 e. The van der Waals surface area contributed by atoms with Crippen molar-refractivity contribution in [2.75, 3.05) is 32.8 Å². The molecule has 0 aromatic heterocycles. The molecule has 1 aliphatic rings. The Morgan fingerprint density at radius 2 is 2.44 bits per heavy atom. The molecular weight excluding hydrogens is 208 g/mol. The average molecular weight is 230 g/mol. The van der Waals surface area contributed by atoms with Gasteiger partial charge < -0.3 is 15.2 Å². The van der Waals surface area contributed by atoms with Crippen LogP contribution in [0, 0.1) is 0 Å². The number of morpholine rings is 1. The van der Waals surface area contributed by atoms with E-state index < -0.39 is 12.0 Å². The molecule has 0 saturated carbocycles. The molecular formula is C11H22N2O3. The molecule has 1 fully saturated rings. The quantitative estimate of drug-likeness (QED) is 0.680. The van der Waals surface area contributed by atoms with Crippen LogP contribution >= 0.6 is 0 Å². The van der Waals surface area contributed by atoms with Crippen molar-refractivity contribution in [3.63, 3.8) is 0 Å². The van der Waals surface area contributed by atoms with Crippen LogP contribution in [0.5, 0.6) is 0 Å². The van der Waals surface area contributed by atoms with Gasteiger partial charge >= 0.3 is 5.97 Å². The van der Waals surface area contributed by atoms with E-state index in [1.165, 1.54) is 0 Å². The van der Waals surface area contributed by atoms with Crippen molar-refractivity contribution in [1.29, 1.82) is 0 Å². The van der Waals surface area contributed by atoms with E-state index in [-0.39, 0.29) is 0 Å². The molecule has 0 radical (unpaired) electrons. The predicted octanol–water partition coefficient (Wildman–Crippen LogP) is 0.160. The summed E-state index contributed by atoms with van der Waals surface area (Å²) in [6.45, 7) is 7.61. The van der Waals surface area contributed by atoms with Crippen LogP contribution in [-0.2, 0) is 9.53 Å². The van der Waals surface area contributed by atoms with Crippen molar-refractivity contribution < 1.29 is 14.6 Å². The number of hydrogen-bond donors (Lipinski definition) is 2. The van der Waals surface area contributed by atoms with Gasteiger partial charge in [0.25, 0.3) is 0 Å². The Morgan fingerprint density at radius 1 is 1.69 bits per heavy atom. The zero-order valence-corrected chi connectivity index (χ0v) is 10.1. The first kappa shape index (κ1) is 13.4. The number of ether oxygens (including phenoxy) is 1. The van der Waals surface area contributed by atoms with Crippen LogP contribution in [0.2, 0.25) is 0 Å². The highest BCUT2D eigenvalue weighted by Crippen LogP contribution is 2.06. The third kappa shape index (κ3) is 4.08. The second kappa shape index (κ2) is 6.83. The summed E-state index contributed by atoms with van der Waals surface area (Å²) in [4.78, 5) is 13.2. The van der Waals surface area contributed by atoms with E-state index in [4.69, 9.17) is 9.84 Å². The maximum Gasteiger partial charge on any atom is 0.322 e. The minimum atomic E-state index is -0.771. The highest BCUT2D eigenvalue weighted by molar-refractivity contribution is 5.73. The summed E-state index contributed by atoms with van der Waals surface area (Å²) in [5, 5.41) is 12.2. The van der Waals surface area contributed by atoms with E-state index in [2.05, 4.69) is 17.1 Å². The van der Waals surface area contributed by atoms with Crippen LogP contribution in [0.3, 0.4) is 0 Å². The van der Waals surface area contributed by atoms with E-state index >= 15 is 0 Å². The Hall–Kier alpha value is -0.650. The van der Waals surface area contributed by atoms with Gasteiger partial charge in [0.2, 0.25) is 0 Å². The molecule has 2 unspecified atom stereocenters. The van der Waals surface area contributed by atoms with E-state index in [0.29, 0.717) is 25.8 Å². The third-order valence-electron chi connectivity index (χ3n) is 2.86. The fraction of sp³-hybridized carbons (Fsp3) is 0.909. The SMILES string of the molecule is CCCNC(CN1CCOCC1C)C(=O)O. The lowest BCUT2D eigenvalue weighted by molar-refractivity contribution is -0.140. The van der Waals surface area contributed by atoms with Crippen LogP contribution in [0.25, 0.3) is 0 Å². The number of nitrogens with one attached hydrogen (secondary N) is 1. The number of aliphatic carboxylic acids is 1. The summed E-state index contributed by atoms with van der Waals surface area (Å²) in [6.07, 6.45) is 0.947. The van der Waals surface area contributed by atoms with Crippen molar-refractivity contribution in [2.24, 2.45) is 0 Å².